The number of furan rings is 1. The van der Waals surface area contributed by atoms with Crippen LogP contribution < -0.4 is 5.32 Å². The van der Waals surface area contributed by atoms with Crippen LogP contribution in [0.2, 0.25) is 0 Å². The van der Waals surface area contributed by atoms with Crippen molar-refractivity contribution in [3.05, 3.63) is 77.4 Å². The molecule has 0 spiro atoms. The Labute approximate surface area is 163 Å². The van der Waals surface area contributed by atoms with Gasteiger partial charge < -0.3 is 9.73 Å². The van der Waals surface area contributed by atoms with Crippen molar-refractivity contribution in [1.29, 1.82) is 0 Å². The summed E-state index contributed by atoms with van der Waals surface area (Å²) in [6.45, 7) is 5.94. The number of hydrogen-bond donors (Lipinski definition) is 1. The number of carbonyl (C=O) groups excluding carboxylic acids is 1. The van der Waals surface area contributed by atoms with Crippen molar-refractivity contribution in [2.24, 2.45) is 0 Å². The van der Waals surface area contributed by atoms with Gasteiger partial charge in [0.05, 0.1) is 23.5 Å². The molecule has 1 N–H and O–H groups in total. The smallest absolute Gasteiger partial charge is 0.255 e. The molecule has 0 aliphatic carbocycles. The number of para-hydroxylation sites is 1. The zero-order chi connectivity index (χ0) is 19.7. The van der Waals surface area contributed by atoms with Gasteiger partial charge in [-0.2, -0.15) is 5.10 Å². The van der Waals surface area contributed by atoms with Gasteiger partial charge in [-0.25, -0.2) is 9.67 Å². The lowest BCUT2D eigenvalue weighted by molar-refractivity contribution is 0.0934. The molecule has 4 rings (SSSR count). The van der Waals surface area contributed by atoms with E-state index in [2.05, 4.69) is 15.4 Å². The Morgan fingerprint density at radius 2 is 2.00 bits per heavy atom. The second-order valence-corrected chi connectivity index (χ2v) is 6.74. The topological polar surface area (TPSA) is 73.0 Å². The lowest BCUT2D eigenvalue weighted by Crippen LogP contribution is -2.27. The number of aryl methyl sites for hydroxylation is 1. The van der Waals surface area contributed by atoms with E-state index in [-0.39, 0.29) is 11.9 Å². The Morgan fingerprint density at radius 3 is 2.71 bits per heavy atom. The highest BCUT2D eigenvalue weighted by atomic mass is 16.3. The Hall–Kier alpha value is -3.41. The van der Waals surface area contributed by atoms with E-state index in [1.165, 1.54) is 0 Å². The standard InChI is InChI=1S/C22H22N4O2/c1-4-18-17(13-24-26(18)20-11-7-8-12-23-20)22(27)25-15(3)21-14(2)16-9-5-6-10-19(16)28-21/h5-13,15H,4H2,1-3H3,(H,25,27). The first-order chi connectivity index (χ1) is 13.6. The van der Waals surface area contributed by atoms with E-state index in [4.69, 9.17) is 4.42 Å². The summed E-state index contributed by atoms with van der Waals surface area (Å²) < 4.78 is 7.70. The molecule has 0 aliphatic heterocycles. The van der Waals surface area contributed by atoms with E-state index in [0.29, 0.717) is 17.8 Å². The first-order valence-corrected chi connectivity index (χ1v) is 9.37. The van der Waals surface area contributed by atoms with Crippen LogP contribution in [0.25, 0.3) is 16.8 Å². The van der Waals surface area contributed by atoms with Crippen molar-refractivity contribution < 1.29 is 9.21 Å². The second-order valence-electron chi connectivity index (χ2n) is 6.74. The van der Waals surface area contributed by atoms with E-state index in [0.717, 1.165) is 28.0 Å². The van der Waals surface area contributed by atoms with Crippen LogP contribution in [-0.4, -0.2) is 20.7 Å². The molecular weight excluding hydrogens is 352 g/mol. The molecule has 3 aromatic heterocycles. The normalized spacial score (nSPS) is 12.2. The molecule has 0 radical (unpaired) electrons. The van der Waals surface area contributed by atoms with Crippen LogP contribution in [-0.2, 0) is 6.42 Å². The molecule has 1 aromatic carbocycles. The van der Waals surface area contributed by atoms with Crippen molar-refractivity contribution in [2.45, 2.75) is 33.2 Å². The summed E-state index contributed by atoms with van der Waals surface area (Å²) in [5.74, 6) is 1.29. The van der Waals surface area contributed by atoms with Crippen molar-refractivity contribution in [2.75, 3.05) is 0 Å². The highest BCUT2D eigenvalue weighted by Gasteiger charge is 2.22. The van der Waals surface area contributed by atoms with Crippen LogP contribution in [0, 0.1) is 6.92 Å². The van der Waals surface area contributed by atoms with Gasteiger partial charge in [0.2, 0.25) is 0 Å². The zero-order valence-corrected chi connectivity index (χ0v) is 16.1. The summed E-state index contributed by atoms with van der Waals surface area (Å²) in [6.07, 6.45) is 3.97. The maximum atomic E-state index is 13.0. The number of benzene rings is 1. The van der Waals surface area contributed by atoms with Crippen molar-refractivity contribution in [3.63, 3.8) is 0 Å². The van der Waals surface area contributed by atoms with E-state index >= 15 is 0 Å². The van der Waals surface area contributed by atoms with Crippen LogP contribution in [0.15, 0.2) is 59.3 Å². The molecule has 6 heteroatoms. The third-order valence-corrected chi connectivity index (χ3v) is 4.94. The minimum Gasteiger partial charge on any atom is -0.459 e. The van der Waals surface area contributed by atoms with Gasteiger partial charge in [-0.1, -0.05) is 31.2 Å². The minimum absolute atomic E-state index is 0.175. The molecule has 0 aliphatic rings. The zero-order valence-electron chi connectivity index (χ0n) is 16.1. The summed E-state index contributed by atoms with van der Waals surface area (Å²) in [5.41, 5.74) is 3.25. The molecule has 0 fully saturated rings. The molecule has 0 saturated carbocycles. The van der Waals surface area contributed by atoms with Crippen LogP contribution in [0.1, 0.15) is 47.3 Å². The third-order valence-electron chi connectivity index (χ3n) is 4.94. The van der Waals surface area contributed by atoms with Gasteiger partial charge in [0.1, 0.15) is 11.3 Å². The lowest BCUT2D eigenvalue weighted by Gasteiger charge is -2.13. The highest BCUT2D eigenvalue weighted by Crippen LogP contribution is 2.29. The molecule has 0 saturated heterocycles. The monoisotopic (exact) mass is 374 g/mol. The van der Waals surface area contributed by atoms with Gasteiger partial charge in [-0.3, -0.25) is 4.79 Å². The van der Waals surface area contributed by atoms with Crippen molar-refractivity contribution in [3.8, 4) is 5.82 Å². The average Bonchev–Trinajstić information content (AvgIpc) is 3.30. The molecule has 1 atom stereocenters. The Bertz CT molecular complexity index is 1130. The highest BCUT2D eigenvalue weighted by molar-refractivity contribution is 5.95. The van der Waals surface area contributed by atoms with E-state index in [1.54, 1.807) is 17.1 Å². The number of aromatic nitrogens is 3. The van der Waals surface area contributed by atoms with E-state index < -0.39 is 0 Å². The van der Waals surface area contributed by atoms with E-state index in [1.807, 2.05) is 63.2 Å². The van der Waals surface area contributed by atoms with Crippen LogP contribution in [0.5, 0.6) is 0 Å². The number of pyridine rings is 1. The second kappa shape index (κ2) is 7.31. The summed E-state index contributed by atoms with van der Waals surface area (Å²) in [4.78, 5) is 17.3. The number of nitrogens with zero attached hydrogens (tertiary/aromatic N) is 3. The van der Waals surface area contributed by atoms with Crippen molar-refractivity contribution in [1.82, 2.24) is 20.1 Å². The number of fused-ring (bicyclic) bond motifs is 1. The molecule has 4 aromatic rings. The average molecular weight is 374 g/mol. The van der Waals surface area contributed by atoms with Gasteiger partial charge in [0.25, 0.3) is 5.91 Å². The van der Waals surface area contributed by atoms with Crippen LogP contribution in [0.3, 0.4) is 0 Å². The number of hydrogen-bond acceptors (Lipinski definition) is 4. The largest absolute Gasteiger partial charge is 0.459 e. The number of nitrogens with one attached hydrogen (secondary N) is 1. The molecular formula is C22H22N4O2. The van der Waals surface area contributed by atoms with Gasteiger partial charge in [0, 0.05) is 17.1 Å². The molecule has 142 valence electrons. The number of rotatable bonds is 5. The molecule has 1 amide bonds. The Kier molecular flexibility index (Phi) is 4.69. The summed E-state index contributed by atoms with van der Waals surface area (Å²) in [5, 5.41) is 8.49. The van der Waals surface area contributed by atoms with Gasteiger partial charge in [-0.05, 0) is 38.5 Å². The molecule has 28 heavy (non-hydrogen) atoms. The van der Waals surface area contributed by atoms with Crippen LogP contribution >= 0.6 is 0 Å². The van der Waals surface area contributed by atoms with Crippen LogP contribution in [0.4, 0.5) is 0 Å². The van der Waals surface area contributed by atoms with Gasteiger partial charge >= 0.3 is 0 Å². The third kappa shape index (κ3) is 3.07. The first-order valence-electron chi connectivity index (χ1n) is 9.37. The predicted octanol–water partition coefficient (Wildman–Crippen LogP) is 4.38. The molecule has 6 nitrogen and oxygen atoms in total. The first kappa shape index (κ1) is 18.0. The number of amides is 1. The minimum atomic E-state index is -0.261. The van der Waals surface area contributed by atoms with Crippen molar-refractivity contribution >= 4 is 16.9 Å². The fourth-order valence-corrected chi connectivity index (χ4v) is 3.53. The number of carbonyl (C=O) groups is 1. The quantitative estimate of drug-likeness (QED) is 0.563. The fourth-order valence-electron chi connectivity index (χ4n) is 3.53. The Balaban J connectivity index is 1.61. The maximum absolute atomic E-state index is 13.0. The maximum Gasteiger partial charge on any atom is 0.255 e. The molecule has 3 heterocycles. The van der Waals surface area contributed by atoms with Gasteiger partial charge in [0.15, 0.2) is 5.82 Å². The SMILES string of the molecule is CCc1c(C(=O)NC(C)c2oc3ccccc3c2C)cnn1-c1ccccn1. The lowest BCUT2D eigenvalue weighted by atomic mass is 10.1. The Morgan fingerprint density at radius 1 is 1.21 bits per heavy atom. The fraction of sp³-hybridized carbons (Fsp3) is 0.227. The molecule has 0 bridgehead atoms. The van der Waals surface area contributed by atoms with E-state index in [9.17, 15) is 4.79 Å². The summed E-state index contributed by atoms with van der Waals surface area (Å²) >= 11 is 0. The molecule has 1 unspecified atom stereocenters. The predicted molar refractivity (Wildman–Crippen MR) is 108 cm³/mol. The van der Waals surface area contributed by atoms with Gasteiger partial charge in [-0.15, -0.1) is 0 Å². The summed E-state index contributed by atoms with van der Waals surface area (Å²) in [6, 6.07) is 13.2. The summed E-state index contributed by atoms with van der Waals surface area (Å²) in [7, 11) is 0.